The monoisotopic (exact) mass is 727 g/mol. The minimum absolute atomic E-state index is 0.0335. The van der Waals surface area contributed by atoms with Gasteiger partial charge < -0.3 is 25.2 Å². The van der Waals surface area contributed by atoms with Crippen LogP contribution in [0.3, 0.4) is 0 Å². The van der Waals surface area contributed by atoms with Gasteiger partial charge in [-0.25, -0.2) is 4.57 Å². The van der Waals surface area contributed by atoms with Crippen LogP contribution >= 0.6 is 7.82 Å². The summed E-state index contributed by atoms with van der Waals surface area (Å²) in [6.45, 7) is 3.51. The lowest BCUT2D eigenvalue weighted by Gasteiger charge is -2.19. The summed E-state index contributed by atoms with van der Waals surface area (Å²) >= 11 is 0. The Morgan fingerprint density at radius 3 is 1.98 bits per heavy atom. The topological polar surface area (TPSA) is 155 Å². The Hall–Kier alpha value is -2.07. The van der Waals surface area contributed by atoms with Gasteiger partial charge in [-0.15, -0.1) is 0 Å². The molecule has 0 radical (unpaired) electrons. The first-order valence-corrected chi connectivity index (χ1v) is 20.7. The van der Waals surface area contributed by atoms with Gasteiger partial charge in [0.2, 0.25) is 0 Å². The van der Waals surface area contributed by atoms with Crippen LogP contribution < -0.4 is 5.73 Å². The molecule has 11 heteroatoms. The first kappa shape index (κ1) is 47.9. The highest BCUT2D eigenvalue weighted by atomic mass is 31.2. The minimum Gasteiger partial charge on any atom is -0.462 e. The number of unbranched alkanes of at least 4 members (excludes halogenated alkanes) is 14. The van der Waals surface area contributed by atoms with Crippen LogP contribution in [-0.2, 0) is 32.7 Å². The quantitative estimate of drug-likeness (QED) is 0.0189. The number of carbonyl (C=O) groups excluding carboxylic acids is 2. The Balaban J connectivity index is 4.40. The molecule has 0 aromatic carbocycles. The van der Waals surface area contributed by atoms with Crippen LogP contribution in [0, 0.1) is 0 Å². The number of hydrogen-bond donors (Lipinski definition) is 3. The molecule has 0 heterocycles. The lowest BCUT2D eigenvalue weighted by Crippen LogP contribution is -2.29. The van der Waals surface area contributed by atoms with Gasteiger partial charge in [-0.2, -0.15) is 0 Å². The molecule has 0 aliphatic heterocycles. The summed E-state index contributed by atoms with van der Waals surface area (Å²) < 4.78 is 32.5. The second-order valence-electron chi connectivity index (χ2n) is 12.6. The maximum Gasteiger partial charge on any atom is 0.472 e. The molecule has 0 spiro atoms. The zero-order chi connectivity index (χ0) is 37.0. The van der Waals surface area contributed by atoms with Crippen LogP contribution in [0.5, 0.6) is 0 Å². The van der Waals surface area contributed by atoms with Crippen molar-refractivity contribution in [3.63, 3.8) is 0 Å². The fraction of sp³-hybridized carbons (Fsp3) is 0.744. The van der Waals surface area contributed by atoms with Crippen molar-refractivity contribution < 1.29 is 42.7 Å². The molecule has 1 unspecified atom stereocenters. The van der Waals surface area contributed by atoms with E-state index in [4.69, 9.17) is 24.3 Å². The molecule has 0 aromatic rings. The van der Waals surface area contributed by atoms with Crippen LogP contribution in [0.2, 0.25) is 0 Å². The number of nitrogens with two attached hydrogens (primary N) is 1. The summed E-state index contributed by atoms with van der Waals surface area (Å²) in [6, 6.07) is 0. The molecule has 4 N–H and O–H groups in total. The van der Waals surface area contributed by atoms with E-state index in [1.807, 2.05) is 36.5 Å². The zero-order valence-electron chi connectivity index (χ0n) is 31.2. The fourth-order valence-corrected chi connectivity index (χ4v) is 5.65. The van der Waals surface area contributed by atoms with E-state index in [1.165, 1.54) is 70.6 Å². The number of ether oxygens (including phenoxy) is 2. The van der Waals surface area contributed by atoms with Crippen molar-refractivity contribution in [2.75, 3.05) is 26.4 Å². The molecular weight excluding hydrogens is 657 g/mol. The van der Waals surface area contributed by atoms with Crippen LogP contribution in [-0.4, -0.2) is 60.5 Å². The van der Waals surface area contributed by atoms with Crippen LogP contribution in [0.1, 0.15) is 149 Å². The van der Waals surface area contributed by atoms with Gasteiger partial charge in [-0.1, -0.05) is 140 Å². The number of phosphoric acid groups is 1. The third-order valence-electron chi connectivity index (χ3n) is 7.80. The molecular formula is C39H70NO9P. The smallest absolute Gasteiger partial charge is 0.462 e. The predicted molar refractivity (Wildman–Crippen MR) is 202 cm³/mol. The molecule has 0 saturated carbocycles. The number of hydrogen-bond acceptors (Lipinski definition) is 9. The molecule has 0 bridgehead atoms. The third-order valence-corrected chi connectivity index (χ3v) is 8.78. The Morgan fingerprint density at radius 2 is 1.30 bits per heavy atom. The van der Waals surface area contributed by atoms with E-state index in [2.05, 4.69) is 19.9 Å². The Bertz CT molecular complexity index is 983. The maximum atomic E-state index is 12.5. The Labute approximate surface area is 303 Å². The van der Waals surface area contributed by atoms with Crippen molar-refractivity contribution >= 4 is 19.8 Å². The van der Waals surface area contributed by atoms with E-state index in [1.54, 1.807) is 6.08 Å². The SMILES string of the molecule is CCCCC/C=C\C=C/[C@H](O)C/C=C\C/C=C/CCCC(=O)O[C@H](COC(=O)CCCCCCCCCCCCC)COP(=O)(O)OCCN. The van der Waals surface area contributed by atoms with Crippen molar-refractivity contribution in [1.82, 2.24) is 0 Å². The van der Waals surface area contributed by atoms with E-state index in [-0.39, 0.29) is 32.6 Å². The third kappa shape index (κ3) is 34.4. The summed E-state index contributed by atoms with van der Waals surface area (Å²) in [7, 11) is -4.40. The van der Waals surface area contributed by atoms with E-state index in [0.717, 1.165) is 32.1 Å². The number of carbonyl (C=O) groups is 2. The molecule has 0 rings (SSSR count). The van der Waals surface area contributed by atoms with Gasteiger partial charge >= 0.3 is 19.8 Å². The number of allylic oxidation sites excluding steroid dienone is 6. The molecule has 50 heavy (non-hydrogen) atoms. The standard InChI is InChI=1S/C39H70NO9P/c1-3-5-7-9-11-12-13-14-18-22-26-30-38(42)46-34-37(35-48-50(44,45)47-33-32-40)49-39(43)31-27-23-19-15-17-21-25-29-36(41)28-24-20-16-10-8-6-4-2/h15-16,19-21,24-25,28,36-37,41H,3-14,17-18,22-23,26-27,29-35,40H2,1-2H3,(H,44,45)/b19-15+,20-16-,25-21-,28-24-/t36-,37+/m0/s1. The predicted octanol–water partition coefficient (Wildman–Crippen LogP) is 9.35. The second-order valence-corrected chi connectivity index (χ2v) is 14.1. The molecule has 0 aromatic heterocycles. The number of esters is 2. The van der Waals surface area contributed by atoms with E-state index >= 15 is 0 Å². The highest BCUT2D eigenvalue weighted by molar-refractivity contribution is 7.47. The summed E-state index contributed by atoms with van der Waals surface area (Å²) in [4.78, 5) is 34.7. The van der Waals surface area contributed by atoms with Crippen LogP contribution in [0.25, 0.3) is 0 Å². The van der Waals surface area contributed by atoms with Crippen molar-refractivity contribution in [3.8, 4) is 0 Å². The van der Waals surface area contributed by atoms with Gasteiger partial charge in [0.1, 0.15) is 6.61 Å². The van der Waals surface area contributed by atoms with Gasteiger partial charge in [0.05, 0.1) is 19.3 Å². The number of rotatable bonds is 35. The van der Waals surface area contributed by atoms with Crippen molar-refractivity contribution in [2.45, 2.75) is 161 Å². The first-order chi connectivity index (χ1) is 24.2. The molecule has 0 aliphatic rings. The molecule has 0 aliphatic carbocycles. The number of phosphoric ester groups is 1. The lowest BCUT2D eigenvalue weighted by molar-refractivity contribution is -0.161. The first-order valence-electron chi connectivity index (χ1n) is 19.2. The van der Waals surface area contributed by atoms with Crippen molar-refractivity contribution in [2.24, 2.45) is 5.73 Å². The average Bonchev–Trinajstić information content (AvgIpc) is 3.09. The minimum atomic E-state index is -4.40. The van der Waals surface area contributed by atoms with Crippen molar-refractivity contribution in [3.05, 3.63) is 48.6 Å². The molecule has 3 atom stereocenters. The summed E-state index contributed by atoms with van der Waals surface area (Å²) in [5, 5.41) is 10.0. The van der Waals surface area contributed by atoms with Gasteiger partial charge in [-0.05, 0) is 44.9 Å². The average molecular weight is 728 g/mol. The molecule has 10 nitrogen and oxygen atoms in total. The lowest BCUT2D eigenvalue weighted by atomic mass is 10.1. The van der Waals surface area contributed by atoms with E-state index in [9.17, 15) is 24.2 Å². The summed E-state index contributed by atoms with van der Waals surface area (Å²) in [5.41, 5.74) is 5.32. The van der Waals surface area contributed by atoms with Gasteiger partial charge in [0, 0.05) is 19.4 Å². The normalized spacial score (nSPS) is 14.6. The highest BCUT2D eigenvalue weighted by Crippen LogP contribution is 2.43. The molecule has 0 saturated heterocycles. The maximum absolute atomic E-state index is 12.5. The zero-order valence-corrected chi connectivity index (χ0v) is 32.1. The molecule has 0 fully saturated rings. The molecule has 0 amide bonds. The molecule has 290 valence electrons. The summed E-state index contributed by atoms with van der Waals surface area (Å²) in [6.07, 6.45) is 34.6. The van der Waals surface area contributed by atoms with Gasteiger partial charge in [0.25, 0.3) is 0 Å². The van der Waals surface area contributed by atoms with E-state index < -0.39 is 38.6 Å². The largest absolute Gasteiger partial charge is 0.472 e. The highest BCUT2D eigenvalue weighted by Gasteiger charge is 2.25. The van der Waals surface area contributed by atoms with Gasteiger partial charge in [0.15, 0.2) is 6.10 Å². The van der Waals surface area contributed by atoms with Crippen LogP contribution in [0.4, 0.5) is 0 Å². The second kappa shape index (κ2) is 35.3. The Morgan fingerprint density at radius 1 is 0.700 bits per heavy atom. The van der Waals surface area contributed by atoms with Gasteiger partial charge in [-0.3, -0.25) is 18.6 Å². The number of aliphatic hydroxyl groups is 1. The van der Waals surface area contributed by atoms with Crippen LogP contribution in [0.15, 0.2) is 48.6 Å². The fourth-order valence-electron chi connectivity index (χ4n) is 4.88. The van der Waals surface area contributed by atoms with Crippen molar-refractivity contribution in [1.29, 1.82) is 0 Å². The Kier molecular flexibility index (Phi) is 33.9. The number of aliphatic hydroxyl groups excluding tert-OH is 1. The van der Waals surface area contributed by atoms with E-state index in [0.29, 0.717) is 19.3 Å². The summed E-state index contributed by atoms with van der Waals surface area (Å²) in [5.74, 6) is -0.939.